The van der Waals surface area contributed by atoms with Crippen LogP contribution in [0.3, 0.4) is 0 Å². The van der Waals surface area contributed by atoms with Crippen molar-refractivity contribution in [3.05, 3.63) is 107 Å². The Morgan fingerprint density at radius 2 is 1.72 bits per heavy atom. The summed E-state index contributed by atoms with van der Waals surface area (Å²) in [5.41, 5.74) is 5.25. The SMILES string of the molecule is CCOCC(Oc1ccc(C(=O)c2cc(CCCC(=O)O)n3ccccc23)cc1)c1ccc(CC(C)C)cc1. The maximum absolute atomic E-state index is 13.5. The van der Waals surface area contributed by atoms with Gasteiger partial charge in [-0.25, -0.2) is 0 Å². The number of fused-ring (bicyclic) bond motifs is 1. The number of ether oxygens (including phenoxy) is 2. The topological polar surface area (TPSA) is 77.2 Å². The number of aryl methyl sites for hydroxylation is 1. The number of hydrogen-bond acceptors (Lipinski definition) is 4. The van der Waals surface area contributed by atoms with E-state index >= 15 is 0 Å². The molecule has 1 atom stereocenters. The van der Waals surface area contributed by atoms with Crippen LogP contribution in [0, 0.1) is 5.92 Å². The number of carboxylic acid groups (broad SMARTS) is 1. The van der Waals surface area contributed by atoms with Crippen LogP contribution < -0.4 is 4.74 Å². The van der Waals surface area contributed by atoms with E-state index in [1.807, 2.05) is 53.9 Å². The van der Waals surface area contributed by atoms with Gasteiger partial charge in [0.1, 0.15) is 11.9 Å². The minimum Gasteiger partial charge on any atom is -0.483 e. The molecular weight excluding hydrogens is 490 g/mol. The lowest BCUT2D eigenvalue weighted by Gasteiger charge is -2.20. The van der Waals surface area contributed by atoms with Crippen molar-refractivity contribution in [1.82, 2.24) is 4.40 Å². The molecule has 4 aromatic rings. The van der Waals surface area contributed by atoms with E-state index in [0.717, 1.165) is 23.2 Å². The van der Waals surface area contributed by atoms with Gasteiger partial charge in [0.15, 0.2) is 5.78 Å². The molecule has 1 unspecified atom stereocenters. The first-order chi connectivity index (χ1) is 18.9. The predicted molar refractivity (Wildman–Crippen MR) is 153 cm³/mol. The summed E-state index contributed by atoms with van der Waals surface area (Å²) in [6.07, 6.45) is 3.87. The molecule has 0 aliphatic carbocycles. The van der Waals surface area contributed by atoms with Crippen LogP contribution in [0.4, 0.5) is 0 Å². The second-order valence-corrected chi connectivity index (χ2v) is 10.2. The van der Waals surface area contributed by atoms with Crippen LogP contribution in [0.5, 0.6) is 5.75 Å². The van der Waals surface area contributed by atoms with E-state index in [1.165, 1.54) is 5.56 Å². The number of aliphatic carboxylic acids is 1. The number of benzene rings is 2. The second kappa shape index (κ2) is 13.3. The Labute approximate surface area is 230 Å². The summed E-state index contributed by atoms with van der Waals surface area (Å²) in [5.74, 6) is 0.363. The van der Waals surface area contributed by atoms with Gasteiger partial charge >= 0.3 is 5.97 Å². The van der Waals surface area contributed by atoms with E-state index in [0.29, 0.717) is 48.8 Å². The molecule has 4 rings (SSSR count). The van der Waals surface area contributed by atoms with Gasteiger partial charge < -0.3 is 19.0 Å². The first kappa shape index (κ1) is 28.1. The number of nitrogens with zero attached hydrogens (tertiary/aromatic N) is 1. The zero-order valence-corrected chi connectivity index (χ0v) is 22.9. The summed E-state index contributed by atoms with van der Waals surface area (Å²) >= 11 is 0. The van der Waals surface area contributed by atoms with Crippen molar-refractivity contribution in [3.8, 4) is 5.75 Å². The minimum absolute atomic E-state index is 0.0821. The van der Waals surface area contributed by atoms with E-state index in [1.54, 1.807) is 12.1 Å². The summed E-state index contributed by atoms with van der Waals surface area (Å²) in [4.78, 5) is 24.4. The number of carbonyl (C=O) groups excluding carboxylic acids is 1. The zero-order chi connectivity index (χ0) is 27.8. The van der Waals surface area contributed by atoms with Crippen molar-refractivity contribution >= 4 is 17.3 Å². The molecule has 0 saturated heterocycles. The molecule has 39 heavy (non-hydrogen) atoms. The second-order valence-electron chi connectivity index (χ2n) is 10.2. The third-order valence-electron chi connectivity index (χ3n) is 6.69. The molecule has 0 aliphatic heterocycles. The Morgan fingerprint density at radius 1 is 0.974 bits per heavy atom. The molecule has 0 radical (unpaired) electrons. The predicted octanol–water partition coefficient (Wildman–Crippen LogP) is 6.93. The van der Waals surface area contributed by atoms with Crippen LogP contribution in [0.2, 0.25) is 0 Å². The van der Waals surface area contributed by atoms with E-state index in [-0.39, 0.29) is 18.3 Å². The van der Waals surface area contributed by atoms with Crippen molar-refractivity contribution in [2.24, 2.45) is 5.92 Å². The Morgan fingerprint density at radius 3 is 2.38 bits per heavy atom. The van der Waals surface area contributed by atoms with Crippen molar-refractivity contribution in [2.45, 2.75) is 52.6 Å². The summed E-state index contributed by atoms with van der Waals surface area (Å²) in [6.45, 7) is 7.42. The van der Waals surface area contributed by atoms with Crippen molar-refractivity contribution in [3.63, 3.8) is 0 Å². The van der Waals surface area contributed by atoms with Gasteiger partial charge in [0, 0.05) is 36.0 Å². The molecule has 2 aromatic heterocycles. The third kappa shape index (κ3) is 7.36. The number of carbonyl (C=O) groups is 2. The molecule has 6 nitrogen and oxygen atoms in total. The number of rotatable bonds is 14. The standard InChI is InChI=1S/C33H37NO5/c1-4-38-22-31(25-13-11-24(12-14-25)20-23(2)3)39-28-17-15-26(16-18-28)33(37)29-21-27(8-7-10-32(35)36)34-19-6-5-9-30(29)34/h5-6,9,11-19,21,23,31H,4,7-8,10,20,22H2,1-3H3,(H,35,36). The number of aromatic nitrogens is 1. The monoisotopic (exact) mass is 527 g/mol. The molecule has 0 spiro atoms. The van der Waals surface area contributed by atoms with E-state index < -0.39 is 5.97 Å². The maximum atomic E-state index is 13.5. The highest BCUT2D eigenvalue weighted by atomic mass is 16.5. The summed E-state index contributed by atoms with van der Waals surface area (Å²) < 4.78 is 14.0. The average molecular weight is 528 g/mol. The molecule has 0 aliphatic rings. The van der Waals surface area contributed by atoms with Gasteiger partial charge in [0.05, 0.1) is 12.1 Å². The molecule has 204 valence electrons. The number of ketones is 1. The molecule has 0 bridgehead atoms. The highest BCUT2D eigenvalue weighted by Crippen LogP contribution is 2.26. The lowest BCUT2D eigenvalue weighted by Crippen LogP contribution is -2.15. The number of carboxylic acids is 1. The van der Waals surface area contributed by atoms with Crippen LogP contribution >= 0.6 is 0 Å². The van der Waals surface area contributed by atoms with E-state index in [9.17, 15) is 9.59 Å². The summed E-state index contributed by atoms with van der Waals surface area (Å²) in [6, 6.07) is 23.3. The summed E-state index contributed by atoms with van der Waals surface area (Å²) in [5, 5.41) is 8.99. The lowest BCUT2D eigenvalue weighted by atomic mass is 10.0. The smallest absolute Gasteiger partial charge is 0.303 e. The van der Waals surface area contributed by atoms with Gasteiger partial charge in [-0.05, 0) is 85.7 Å². The van der Waals surface area contributed by atoms with Gasteiger partial charge in [-0.3, -0.25) is 9.59 Å². The van der Waals surface area contributed by atoms with Crippen molar-refractivity contribution < 1.29 is 24.2 Å². The van der Waals surface area contributed by atoms with Crippen molar-refractivity contribution in [2.75, 3.05) is 13.2 Å². The van der Waals surface area contributed by atoms with Gasteiger partial charge in [-0.1, -0.05) is 44.2 Å². The fraction of sp³-hybridized carbons (Fsp3) is 0.333. The lowest BCUT2D eigenvalue weighted by molar-refractivity contribution is -0.137. The van der Waals surface area contributed by atoms with Gasteiger partial charge in [-0.15, -0.1) is 0 Å². The third-order valence-corrected chi connectivity index (χ3v) is 6.69. The van der Waals surface area contributed by atoms with Crippen LogP contribution in [-0.4, -0.2) is 34.5 Å². The Bertz CT molecular complexity index is 1390. The van der Waals surface area contributed by atoms with Crippen LogP contribution in [-0.2, 0) is 22.4 Å². The Hall–Kier alpha value is -3.90. The molecule has 2 heterocycles. The number of pyridine rings is 1. The minimum atomic E-state index is -0.818. The van der Waals surface area contributed by atoms with Gasteiger partial charge in [-0.2, -0.15) is 0 Å². The molecule has 0 fully saturated rings. The number of hydrogen-bond donors (Lipinski definition) is 1. The Kier molecular flexibility index (Phi) is 9.55. The highest BCUT2D eigenvalue weighted by Gasteiger charge is 2.18. The first-order valence-corrected chi connectivity index (χ1v) is 13.6. The van der Waals surface area contributed by atoms with Crippen LogP contribution in [0.1, 0.15) is 72.5 Å². The van der Waals surface area contributed by atoms with E-state index in [2.05, 4.69) is 38.1 Å². The van der Waals surface area contributed by atoms with E-state index in [4.69, 9.17) is 14.6 Å². The van der Waals surface area contributed by atoms with Gasteiger partial charge in [0.2, 0.25) is 0 Å². The Balaban J connectivity index is 1.51. The quantitative estimate of drug-likeness (QED) is 0.180. The fourth-order valence-corrected chi connectivity index (χ4v) is 4.79. The maximum Gasteiger partial charge on any atom is 0.303 e. The molecule has 6 heteroatoms. The molecule has 0 amide bonds. The molecule has 2 aromatic carbocycles. The largest absolute Gasteiger partial charge is 0.483 e. The average Bonchev–Trinajstić information content (AvgIpc) is 3.29. The van der Waals surface area contributed by atoms with Crippen LogP contribution in [0.15, 0.2) is 79.0 Å². The first-order valence-electron chi connectivity index (χ1n) is 13.6. The van der Waals surface area contributed by atoms with Crippen molar-refractivity contribution in [1.29, 1.82) is 0 Å². The molecule has 1 N–H and O–H groups in total. The highest BCUT2D eigenvalue weighted by molar-refractivity contribution is 6.13. The normalized spacial score (nSPS) is 12.1. The molecule has 0 saturated carbocycles. The summed E-state index contributed by atoms with van der Waals surface area (Å²) in [7, 11) is 0. The van der Waals surface area contributed by atoms with Crippen LogP contribution in [0.25, 0.3) is 5.52 Å². The fourth-order valence-electron chi connectivity index (χ4n) is 4.79. The van der Waals surface area contributed by atoms with Gasteiger partial charge in [0.25, 0.3) is 0 Å². The zero-order valence-electron chi connectivity index (χ0n) is 22.9. The molecular formula is C33H37NO5.